The summed E-state index contributed by atoms with van der Waals surface area (Å²) >= 11 is 0. The molecule has 0 saturated carbocycles. The van der Waals surface area contributed by atoms with Gasteiger partial charge in [0.15, 0.2) is 5.65 Å². The first-order valence-electron chi connectivity index (χ1n) is 8.20. The highest BCUT2D eigenvalue weighted by molar-refractivity contribution is 5.62. The quantitative estimate of drug-likeness (QED) is 0.713. The number of rotatable bonds is 4. The van der Waals surface area contributed by atoms with E-state index in [2.05, 4.69) is 25.4 Å². The van der Waals surface area contributed by atoms with Gasteiger partial charge in [0.25, 0.3) is 6.43 Å². The third kappa shape index (κ3) is 3.08. The van der Waals surface area contributed by atoms with Gasteiger partial charge in [-0.1, -0.05) is 0 Å². The number of imidazole rings is 1. The average Bonchev–Trinajstić information content (AvgIpc) is 3.11. The van der Waals surface area contributed by atoms with Crippen molar-refractivity contribution in [3.8, 4) is 11.4 Å². The van der Waals surface area contributed by atoms with Crippen LogP contribution >= 0.6 is 0 Å². The van der Waals surface area contributed by atoms with Crippen molar-refractivity contribution in [3.05, 3.63) is 36.4 Å². The molecule has 0 bridgehead atoms. The van der Waals surface area contributed by atoms with Gasteiger partial charge in [0.05, 0.1) is 18.5 Å². The maximum absolute atomic E-state index is 13.0. The van der Waals surface area contributed by atoms with Gasteiger partial charge >= 0.3 is 0 Å². The summed E-state index contributed by atoms with van der Waals surface area (Å²) in [6, 6.07) is 4.52. The number of nitrogens with zero attached hydrogens (tertiary/aromatic N) is 6. The SMILES string of the molecule is OC[C@@H]1CN(c2cc(-c3cnc4ccc(C(F)F)nn34)ncn2)CCN1. The van der Waals surface area contributed by atoms with E-state index in [0.29, 0.717) is 29.4 Å². The van der Waals surface area contributed by atoms with Crippen molar-refractivity contribution in [1.29, 1.82) is 0 Å². The molecule has 4 heterocycles. The summed E-state index contributed by atoms with van der Waals surface area (Å²) in [6.07, 6.45) is 0.321. The van der Waals surface area contributed by atoms with Crippen LogP contribution in [0.3, 0.4) is 0 Å². The highest BCUT2D eigenvalue weighted by Gasteiger charge is 2.21. The number of aliphatic hydroxyl groups excluding tert-OH is 1. The van der Waals surface area contributed by atoms with E-state index in [0.717, 1.165) is 13.1 Å². The molecule has 0 aromatic carbocycles. The number of halogens is 2. The summed E-state index contributed by atoms with van der Waals surface area (Å²) in [5, 5.41) is 16.5. The average molecular weight is 361 g/mol. The molecule has 0 spiro atoms. The fraction of sp³-hybridized carbons (Fsp3) is 0.375. The van der Waals surface area contributed by atoms with Crippen molar-refractivity contribution in [2.45, 2.75) is 12.5 Å². The second-order valence-electron chi connectivity index (χ2n) is 6.01. The minimum Gasteiger partial charge on any atom is -0.395 e. The summed E-state index contributed by atoms with van der Waals surface area (Å²) in [7, 11) is 0. The van der Waals surface area contributed by atoms with Crippen molar-refractivity contribution in [3.63, 3.8) is 0 Å². The Morgan fingerprint density at radius 1 is 1.27 bits per heavy atom. The maximum Gasteiger partial charge on any atom is 0.282 e. The number of alkyl halides is 2. The van der Waals surface area contributed by atoms with Gasteiger partial charge in [-0.05, 0) is 12.1 Å². The normalized spacial score (nSPS) is 18.0. The first kappa shape index (κ1) is 16.7. The number of aromatic nitrogens is 5. The standard InChI is InChI=1S/C16H17F2N7O/c17-16(18)11-1-2-14-20-6-13(25(14)23-11)12-5-15(22-9-21-12)24-4-3-19-10(7-24)8-26/h1-2,5-6,9-10,16,19,26H,3-4,7-8H2/t10-/m0/s1. The summed E-state index contributed by atoms with van der Waals surface area (Å²) in [4.78, 5) is 14.8. The number of hydrogen-bond acceptors (Lipinski definition) is 7. The topological polar surface area (TPSA) is 91.5 Å². The highest BCUT2D eigenvalue weighted by atomic mass is 19.3. The van der Waals surface area contributed by atoms with Crippen LogP contribution in [-0.4, -0.2) is 62.0 Å². The minimum absolute atomic E-state index is 0.0202. The Balaban J connectivity index is 1.70. The van der Waals surface area contributed by atoms with Gasteiger partial charge in [-0.25, -0.2) is 28.2 Å². The van der Waals surface area contributed by atoms with Crippen molar-refractivity contribution >= 4 is 11.5 Å². The molecule has 1 aliphatic rings. The lowest BCUT2D eigenvalue weighted by Gasteiger charge is -2.33. The Bertz CT molecular complexity index is 917. The lowest BCUT2D eigenvalue weighted by atomic mass is 10.2. The largest absolute Gasteiger partial charge is 0.395 e. The lowest BCUT2D eigenvalue weighted by Crippen LogP contribution is -2.52. The Kier molecular flexibility index (Phi) is 4.43. The van der Waals surface area contributed by atoms with Crippen molar-refractivity contribution in [2.75, 3.05) is 31.1 Å². The Morgan fingerprint density at radius 3 is 2.96 bits per heavy atom. The van der Waals surface area contributed by atoms with Crippen LogP contribution in [0.4, 0.5) is 14.6 Å². The van der Waals surface area contributed by atoms with Gasteiger partial charge in [-0.3, -0.25) is 0 Å². The monoisotopic (exact) mass is 361 g/mol. The van der Waals surface area contributed by atoms with Crippen LogP contribution < -0.4 is 10.2 Å². The maximum atomic E-state index is 13.0. The lowest BCUT2D eigenvalue weighted by molar-refractivity contribution is 0.144. The smallest absolute Gasteiger partial charge is 0.282 e. The first-order chi connectivity index (χ1) is 12.7. The van der Waals surface area contributed by atoms with E-state index in [-0.39, 0.29) is 18.3 Å². The molecule has 0 radical (unpaired) electrons. The van der Waals surface area contributed by atoms with Crippen molar-refractivity contribution in [1.82, 2.24) is 29.9 Å². The first-order valence-corrected chi connectivity index (χ1v) is 8.20. The number of piperazine rings is 1. The highest BCUT2D eigenvalue weighted by Crippen LogP contribution is 2.23. The van der Waals surface area contributed by atoms with Crippen LogP contribution in [0.15, 0.2) is 30.7 Å². The molecule has 1 saturated heterocycles. The fourth-order valence-electron chi connectivity index (χ4n) is 2.99. The van der Waals surface area contributed by atoms with Gasteiger partial charge in [-0.2, -0.15) is 5.10 Å². The summed E-state index contributed by atoms with van der Waals surface area (Å²) in [5.74, 6) is 0.704. The zero-order valence-corrected chi connectivity index (χ0v) is 13.8. The molecule has 2 N–H and O–H groups in total. The molecule has 1 atom stereocenters. The van der Waals surface area contributed by atoms with Crippen LogP contribution in [0, 0.1) is 0 Å². The Morgan fingerprint density at radius 2 is 2.15 bits per heavy atom. The minimum atomic E-state index is -2.66. The van der Waals surface area contributed by atoms with E-state index in [1.807, 2.05) is 4.90 Å². The summed E-state index contributed by atoms with van der Waals surface area (Å²) in [5.41, 5.74) is 1.20. The van der Waals surface area contributed by atoms with Gasteiger partial charge in [0.2, 0.25) is 0 Å². The van der Waals surface area contributed by atoms with E-state index in [1.165, 1.54) is 23.0 Å². The number of anilines is 1. The third-order valence-electron chi connectivity index (χ3n) is 4.32. The second kappa shape index (κ2) is 6.89. The second-order valence-corrected chi connectivity index (χ2v) is 6.01. The molecule has 136 valence electrons. The molecule has 0 unspecified atom stereocenters. The summed E-state index contributed by atoms with van der Waals surface area (Å²) in [6.45, 7) is 2.14. The van der Waals surface area contributed by atoms with E-state index in [1.54, 1.807) is 12.3 Å². The number of hydrogen-bond donors (Lipinski definition) is 2. The van der Waals surface area contributed by atoms with Gasteiger partial charge in [0.1, 0.15) is 23.5 Å². The van der Waals surface area contributed by atoms with Crippen LogP contribution in [-0.2, 0) is 0 Å². The molecule has 10 heteroatoms. The Hall–Kier alpha value is -2.72. The van der Waals surface area contributed by atoms with Crippen molar-refractivity contribution in [2.24, 2.45) is 0 Å². The zero-order valence-electron chi connectivity index (χ0n) is 13.8. The van der Waals surface area contributed by atoms with Crippen LogP contribution in [0.25, 0.3) is 17.0 Å². The predicted octanol–water partition coefficient (Wildman–Crippen LogP) is 0.894. The van der Waals surface area contributed by atoms with E-state index in [4.69, 9.17) is 0 Å². The van der Waals surface area contributed by atoms with E-state index >= 15 is 0 Å². The molecule has 0 aliphatic carbocycles. The third-order valence-corrected chi connectivity index (χ3v) is 4.32. The number of nitrogens with one attached hydrogen (secondary N) is 1. The zero-order chi connectivity index (χ0) is 18.1. The van der Waals surface area contributed by atoms with Crippen LogP contribution in [0.5, 0.6) is 0 Å². The fourth-order valence-corrected chi connectivity index (χ4v) is 2.99. The van der Waals surface area contributed by atoms with Gasteiger partial charge in [0, 0.05) is 31.7 Å². The molecule has 26 heavy (non-hydrogen) atoms. The molecule has 8 nitrogen and oxygen atoms in total. The van der Waals surface area contributed by atoms with Crippen LogP contribution in [0.2, 0.25) is 0 Å². The summed E-state index contributed by atoms with van der Waals surface area (Å²) < 4.78 is 27.3. The molecular formula is C16H17F2N7O. The molecule has 3 aromatic rings. The molecule has 0 amide bonds. The van der Waals surface area contributed by atoms with Gasteiger partial charge in [-0.15, -0.1) is 0 Å². The van der Waals surface area contributed by atoms with Gasteiger partial charge < -0.3 is 15.3 Å². The number of fused-ring (bicyclic) bond motifs is 1. The van der Waals surface area contributed by atoms with E-state index < -0.39 is 6.43 Å². The molecule has 4 rings (SSSR count). The molecule has 3 aromatic heterocycles. The Labute approximate surface area is 147 Å². The predicted molar refractivity (Wildman–Crippen MR) is 90.1 cm³/mol. The number of aliphatic hydroxyl groups is 1. The van der Waals surface area contributed by atoms with Crippen LogP contribution in [0.1, 0.15) is 12.1 Å². The van der Waals surface area contributed by atoms with Crippen molar-refractivity contribution < 1.29 is 13.9 Å². The molecule has 1 aliphatic heterocycles. The molecule has 1 fully saturated rings. The van der Waals surface area contributed by atoms with E-state index in [9.17, 15) is 13.9 Å². The molecular weight excluding hydrogens is 344 g/mol.